The third-order valence-corrected chi connectivity index (χ3v) is 5.60. The number of nitrogens with one attached hydrogen (secondary N) is 2. The summed E-state index contributed by atoms with van der Waals surface area (Å²) in [6.45, 7) is 0.504. The number of hydrogen-bond donors (Lipinski definition) is 2. The zero-order valence-electron chi connectivity index (χ0n) is 16.6. The van der Waals surface area contributed by atoms with Gasteiger partial charge in [-0.05, 0) is 24.3 Å². The Balaban J connectivity index is 1.80. The maximum Gasteiger partial charge on any atom is 0.267 e. The number of hydrogen-bond acceptors (Lipinski definition) is 6. The van der Waals surface area contributed by atoms with E-state index in [4.69, 9.17) is 9.47 Å². The minimum Gasteiger partial charge on any atom is -0.476 e. The van der Waals surface area contributed by atoms with Crippen LogP contribution in [-0.2, 0) is 19.6 Å². The first-order valence-electron chi connectivity index (χ1n) is 9.21. The highest BCUT2D eigenvalue weighted by molar-refractivity contribution is 7.92. The molecule has 1 heterocycles. The first-order valence-corrected chi connectivity index (χ1v) is 11.1. The summed E-state index contributed by atoms with van der Waals surface area (Å²) in [5.74, 6) is -0.633. The topological polar surface area (TPSA) is 114 Å². The Morgan fingerprint density at radius 1 is 1.17 bits per heavy atom. The lowest BCUT2D eigenvalue weighted by Gasteiger charge is -2.33. The Morgan fingerprint density at radius 2 is 1.87 bits per heavy atom. The molecule has 1 atom stereocenters. The molecule has 0 unspecified atom stereocenters. The highest BCUT2D eigenvalue weighted by Gasteiger charge is 2.35. The molecule has 2 aromatic rings. The van der Waals surface area contributed by atoms with Crippen molar-refractivity contribution in [3.05, 3.63) is 54.1 Å². The van der Waals surface area contributed by atoms with E-state index in [0.29, 0.717) is 30.3 Å². The molecule has 9 nitrogen and oxygen atoms in total. The smallest absolute Gasteiger partial charge is 0.267 e. The summed E-state index contributed by atoms with van der Waals surface area (Å²) in [5, 5.41) is 5.38. The van der Waals surface area contributed by atoms with Gasteiger partial charge in [-0.15, -0.1) is 0 Å². The number of rotatable bonds is 7. The molecule has 0 radical (unpaired) electrons. The van der Waals surface area contributed by atoms with E-state index in [1.54, 1.807) is 48.5 Å². The van der Waals surface area contributed by atoms with Gasteiger partial charge in [0.05, 0.1) is 36.3 Å². The van der Waals surface area contributed by atoms with E-state index in [1.807, 2.05) is 0 Å². The van der Waals surface area contributed by atoms with E-state index >= 15 is 0 Å². The normalized spacial score (nSPS) is 15.7. The van der Waals surface area contributed by atoms with E-state index in [-0.39, 0.29) is 18.0 Å². The van der Waals surface area contributed by atoms with Gasteiger partial charge in [-0.1, -0.05) is 24.3 Å². The van der Waals surface area contributed by atoms with Crippen LogP contribution >= 0.6 is 0 Å². The summed E-state index contributed by atoms with van der Waals surface area (Å²) in [4.78, 5) is 25.3. The maximum atomic E-state index is 12.9. The summed E-state index contributed by atoms with van der Waals surface area (Å²) in [6, 6.07) is 13.1. The fraction of sp³-hybridized carbons (Fsp3) is 0.300. The van der Waals surface area contributed by atoms with Crippen LogP contribution in [0.4, 0.5) is 11.4 Å². The van der Waals surface area contributed by atoms with Crippen LogP contribution in [0, 0.1) is 0 Å². The lowest BCUT2D eigenvalue weighted by atomic mass is 10.1. The zero-order valence-corrected chi connectivity index (χ0v) is 17.4. The molecule has 3 rings (SSSR count). The molecule has 30 heavy (non-hydrogen) atoms. The zero-order chi connectivity index (χ0) is 21.7. The summed E-state index contributed by atoms with van der Waals surface area (Å²) < 4.78 is 36.2. The maximum absolute atomic E-state index is 12.9. The lowest BCUT2D eigenvalue weighted by molar-refractivity contribution is -0.122. The van der Waals surface area contributed by atoms with Crippen molar-refractivity contribution in [3.63, 3.8) is 0 Å². The largest absolute Gasteiger partial charge is 0.476 e. The summed E-state index contributed by atoms with van der Waals surface area (Å²) in [7, 11) is -2.09. The van der Waals surface area contributed by atoms with Crippen molar-refractivity contribution in [2.45, 2.75) is 6.10 Å². The van der Waals surface area contributed by atoms with E-state index in [2.05, 4.69) is 10.6 Å². The molecular formula is C20H23N3O6S. The van der Waals surface area contributed by atoms with Crippen LogP contribution in [0.5, 0.6) is 5.75 Å². The standard InChI is InChI=1S/C20H23N3O6S/c1-28-12-11-21-19(24)14-7-3-4-8-15(14)22-20(25)18-13-23(30(2,26)27)16-9-5-6-10-17(16)29-18/h3-10,18H,11-13H2,1-2H3,(H,21,24)(H,22,25)/t18-/m1/s1. The predicted molar refractivity (Wildman–Crippen MR) is 112 cm³/mol. The Bertz CT molecular complexity index is 1040. The number of sulfonamides is 1. The molecule has 0 bridgehead atoms. The number of fused-ring (bicyclic) bond motifs is 1. The number of carbonyl (C=O) groups is 2. The van der Waals surface area contributed by atoms with E-state index in [1.165, 1.54) is 7.11 Å². The first kappa shape index (κ1) is 21.6. The summed E-state index contributed by atoms with van der Waals surface area (Å²) >= 11 is 0. The van der Waals surface area contributed by atoms with Gasteiger partial charge in [0.25, 0.3) is 11.8 Å². The molecule has 0 fully saturated rings. The molecule has 10 heteroatoms. The van der Waals surface area contributed by atoms with Gasteiger partial charge >= 0.3 is 0 Å². The molecule has 2 amide bonds. The molecular weight excluding hydrogens is 410 g/mol. The van der Waals surface area contributed by atoms with Crippen LogP contribution in [0.15, 0.2) is 48.5 Å². The van der Waals surface area contributed by atoms with Crippen LogP contribution in [0.3, 0.4) is 0 Å². The number of carbonyl (C=O) groups excluding carboxylic acids is 2. The number of anilines is 2. The second kappa shape index (κ2) is 9.14. The molecule has 2 N–H and O–H groups in total. The Kier molecular flexibility index (Phi) is 6.58. The molecule has 0 saturated heterocycles. The molecule has 0 aliphatic carbocycles. The van der Waals surface area contributed by atoms with Crippen LogP contribution in [0.2, 0.25) is 0 Å². The Hall–Kier alpha value is -3.11. The van der Waals surface area contributed by atoms with Crippen molar-refractivity contribution in [1.29, 1.82) is 0 Å². The SMILES string of the molecule is COCCNC(=O)c1ccccc1NC(=O)[C@H]1CN(S(C)(=O)=O)c2ccccc2O1. The number of amides is 2. The van der Waals surface area contributed by atoms with E-state index in [0.717, 1.165) is 10.6 Å². The third kappa shape index (κ3) is 4.89. The average molecular weight is 433 g/mol. The fourth-order valence-corrected chi connectivity index (χ4v) is 3.93. The van der Waals surface area contributed by atoms with Gasteiger partial charge in [0.1, 0.15) is 5.75 Å². The molecule has 1 aliphatic rings. The Morgan fingerprint density at radius 3 is 2.60 bits per heavy atom. The van der Waals surface area contributed by atoms with Gasteiger partial charge in [-0.3, -0.25) is 13.9 Å². The molecule has 0 spiro atoms. The van der Waals surface area contributed by atoms with Gasteiger partial charge in [-0.25, -0.2) is 8.42 Å². The second-order valence-corrected chi connectivity index (χ2v) is 8.56. The first-order chi connectivity index (χ1) is 14.3. The highest BCUT2D eigenvalue weighted by atomic mass is 32.2. The molecule has 160 valence electrons. The van der Waals surface area contributed by atoms with Gasteiger partial charge in [0.2, 0.25) is 10.0 Å². The number of benzene rings is 2. The molecule has 2 aromatic carbocycles. The van der Waals surface area contributed by atoms with Crippen molar-refractivity contribution >= 4 is 33.2 Å². The van der Waals surface area contributed by atoms with Crippen molar-refractivity contribution in [2.24, 2.45) is 0 Å². The molecule has 0 aromatic heterocycles. The minimum atomic E-state index is -3.62. The molecule has 1 aliphatic heterocycles. The van der Waals surface area contributed by atoms with Crippen molar-refractivity contribution in [1.82, 2.24) is 5.32 Å². The average Bonchev–Trinajstić information content (AvgIpc) is 2.72. The highest BCUT2D eigenvalue weighted by Crippen LogP contribution is 2.34. The number of para-hydroxylation sites is 3. The van der Waals surface area contributed by atoms with E-state index in [9.17, 15) is 18.0 Å². The predicted octanol–water partition coefficient (Wildman–Crippen LogP) is 1.23. The van der Waals surface area contributed by atoms with Gasteiger partial charge in [-0.2, -0.15) is 0 Å². The minimum absolute atomic E-state index is 0.177. The van der Waals surface area contributed by atoms with Gasteiger partial charge in [0, 0.05) is 13.7 Å². The van der Waals surface area contributed by atoms with Crippen molar-refractivity contribution in [2.75, 3.05) is 42.7 Å². The second-order valence-electron chi connectivity index (χ2n) is 6.65. The summed E-state index contributed by atoms with van der Waals surface area (Å²) in [5.41, 5.74) is 0.950. The van der Waals surface area contributed by atoms with Gasteiger partial charge < -0.3 is 20.1 Å². The number of nitrogens with zero attached hydrogens (tertiary/aromatic N) is 1. The number of ether oxygens (including phenoxy) is 2. The van der Waals surface area contributed by atoms with Crippen LogP contribution in [0.25, 0.3) is 0 Å². The quantitative estimate of drug-likeness (QED) is 0.635. The summed E-state index contributed by atoms with van der Waals surface area (Å²) in [6.07, 6.45) is -0.0109. The number of methoxy groups -OCH3 is 1. The monoisotopic (exact) mass is 433 g/mol. The van der Waals surface area contributed by atoms with Crippen molar-refractivity contribution < 1.29 is 27.5 Å². The lowest BCUT2D eigenvalue weighted by Crippen LogP contribution is -2.48. The third-order valence-electron chi connectivity index (χ3n) is 4.45. The Labute approximate surface area is 175 Å². The van der Waals surface area contributed by atoms with Crippen LogP contribution < -0.4 is 19.7 Å². The van der Waals surface area contributed by atoms with Crippen LogP contribution in [-0.4, -0.2) is 59.4 Å². The molecule has 0 saturated carbocycles. The fourth-order valence-electron chi connectivity index (χ4n) is 3.02. The van der Waals surface area contributed by atoms with Crippen LogP contribution in [0.1, 0.15) is 10.4 Å². The van der Waals surface area contributed by atoms with Crippen molar-refractivity contribution in [3.8, 4) is 5.75 Å². The van der Waals surface area contributed by atoms with Gasteiger partial charge in [0.15, 0.2) is 6.10 Å². The van der Waals surface area contributed by atoms with E-state index < -0.39 is 22.0 Å².